The van der Waals surface area contributed by atoms with E-state index in [1.165, 1.54) is 4.57 Å². The maximum Gasteiger partial charge on any atom is 0.261 e. The molecule has 1 aliphatic rings. The van der Waals surface area contributed by atoms with Gasteiger partial charge in [0.2, 0.25) is 0 Å². The molecule has 0 bridgehead atoms. The molecule has 1 aliphatic heterocycles. The first-order valence-electron chi connectivity index (χ1n) is 10.8. The highest BCUT2D eigenvalue weighted by Gasteiger charge is 2.27. The number of hydrogen-bond acceptors (Lipinski definition) is 5. The average molecular weight is 426 g/mol. The van der Waals surface area contributed by atoms with Crippen molar-refractivity contribution in [2.45, 2.75) is 25.0 Å². The molecule has 7 nitrogen and oxygen atoms in total. The van der Waals surface area contributed by atoms with Crippen LogP contribution in [0, 0.1) is 0 Å². The summed E-state index contributed by atoms with van der Waals surface area (Å²) in [6, 6.07) is 15.6. The van der Waals surface area contributed by atoms with Crippen molar-refractivity contribution in [3.8, 4) is 0 Å². The van der Waals surface area contributed by atoms with Crippen LogP contribution in [0.1, 0.15) is 23.7 Å². The van der Waals surface area contributed by atoms with Crippen molar-refractivity contribution in [1.29, 1.82) is 0 Å². The number of hydrogen-bond donors (Lipinski definition) is 1. The van der Waals surface area contributed by atoms with Crippen LogP contribution in [0.3, 0.4) is 0 Å². The lowest BCUT2D eigenvalue weighted by atomic mass is 9.97. The molecule has 2 aromatic carbocycles. The number of benzene rings is 2. The predicted octanol–water partition coefficient (Wildman–Crippen LogP) is 3.11. The number of ether oxygens (including phenoxy) is 1. The number of aromatic nitrogens is 4. The number of imidazole rings is 1. The summed E-state index contributed by atoms with van der Waals surface area (Å²) >= 11 is 0. The molecule has 1 saturated heterocycles. The van der Waals surface area contributed by atoms with E-state index in [0.29, 0.717) is 37.0 Å². The molecular formula is C25H22N4O3. The molecular weight excluding hydrogens is 404 g/mol. The predicted molar refractivity (Wildman–Crippen MR) is 122 cm³/mol. The van der Waals surface area contributed by atoms with E-state index in [0.717, 1.165) is 27.7 Å². The normalized spacial score (nSPS) is 19.2. The quantitative estimate of drug-likeness (QED) is 0.449. The Morgan fingerprint density at radius 1 is 1.06 bits per heavy atom. The molecule has 32 heavy (non-hydrogen) atoms. The van der Waals surface area contributed by atoms with Crippen LogP contribution < -0.4 is 5.56 Å². The first kappa shape index (κ1) is 19.2. The topological polar surface area (TPSA) is 81.7 Å². The second-order valence-corrected chi connectivity index (χ2v) is 8.28. The van der Waals surface area contributed by atoms with Crippen molar-refractivity contribution in [2.24, 2.45) is 0 Å². The van der Waals surface area contributed by atoms with Crippen LogP contribution in [-0.2, 0) is 11.2 Å². The van der Waals surface area contributed by atoms with E-state index < -0.39 is 12.1 Å². The van der Waals surface area contributed by atoms with Crippen molar-refractivity contribution < 1.29 is 9.84 Å². The third-order valence-electron chi connectivity index (χ3n) is 6.41. The zero-order valence-corrected chi connectivity index (χ0v) is 17.4. The van der Waals surface area contributed by atoms with Crippen molar-refractivity contribution in [1.82, 2.24) is 18.9 Å². The smallest absolute Gasteiger partial charge is 0.261 e. The Balaban J connectivity index is 1.56. The molecule has 0 aliphatic carbocycles. The summed E-state index contributed by atoms with van der Waals surface area (Å²) in [6.45, 7) is 0.805. The Kier molecular flexibility index (Phi) is 4.52. The van der Waals surface area contributed by atoms with E-state index in [1.54, 1.807) is 12.5 Å². The first-order valence-corrected chi connectivity index (χ1v) is 10.8. The number of nitrogens with zero attached hydrogens (tertiary/aromatic N) is 4. The van der Waals surface area contributed by atoms with E-state index in [1.807, 2.05) is 42.6 Å². The van der Waals surface area contributed by atoms with Crippen LogP contribution in [0.4, 0.5) is 0 Å². The van der Waals surface area contributed by atoms with Crippen LogP contribution in [0.2, 0.25) is 0 Å². The highest BCUT2D eigenvalue weighted by molar-refractivity contribution is 6.06. The number of aliphatic hydroxyl groups is 1. The fourth-order valence-electron chi connectivity index (χ4n) is 4.75. The summed E-state index contributed by atoms with van der Waals surface area (Å²) in [4.78, 5) is 22.6. The van der Waals surface area contributed by atoms with E-state index >= 15 is 0 Å². The fourth-order valence-corrected chi connectivity index (χ4v) is 4.75. The molecule has 3 aromatic heterocycles. The molecule has 6 rings (SSSR count). The minimum absolute atomic E-state index is 0.155. The summed E-state index contributed by atoms with van der Waals surface area (Å²) in [5.41, 5.74) is 3.55. The highest BCUT2D eigenvalue weighted by atomic mass is 16.5. The van der Waals surface area contributed by atoms with Gasteiger partial charge in [-0.2, -0.15) is 0 Å². The maximum atomic E-state index is 13.5. The number of aliphatic hydroxyl groups excluding tert-OH is 1. The SMILES string of the molecule is O=c1c2cc(Cc3cccc4nccn34)c3ccccc3c2ncn1[C@H]1COCC[C@@H]1O. The van der Waals surface area contributed by atoms with Gasteiger partial charge in [0.25, 0.3) is 5.56 Å². The van der Waals surface area contributed by atoms with Crippen molar-refractivity contribution in [3.05, 3.63) is 88.9 Å². The van der Waals surface area contributed by atoms with Gasteiger partial charge < -0.3 is 14.2 Å². The first-order chi connectivity index (χ1) is 15.7. The van der Waals surface area contributed by atoms with Crippen molar-refractivity contribution in [2.75, 3.05) is 13.2 Å². The largest absolute Gasteiger partial charge is 0.391 e. The van der Waals surface area contributed by atoms with Crippen LogP contribution in [-0.4, -0.2) is 43.4 Å². The molecule has 2 atom stereocenters. The molecule has 0 spiro atoms. The van der Waals surface area contributed by atoms with E-state index in [2.05, 4.69) is 26.5 Å². The van der Waals surface area contributed by atoms with E-state index in [4.69, 9.17) is 4.74 Å². The Hall–Kier alpha value is -3.55. The van der Waals surface area contributed by atoms with Gasteiger partial charge in [0.15, 0.2) is 0 Å². The van der Waals surface area contributed by atoms with Crippen LogP contribution in [0.5, 0.6) is 0 Å². The standard InChI is InChI=1S/C25H22N4O3/c30-22-8-11-32-14-21(22)29-15-27-24-19-6-2-1-5-18(19)16(13-20(24)25(29)31)12-17-4-3-7-23-26-9-10-28(17)23/h1-7,9-10,13,15,21-22,30H,8,11-12,14H2/t21-,22-/m0/s1. The fraction of sp³-hybridized carbons (Fsp3) is 0.240. The van der Waals surface area contributed by atoms with Gasteiger partial charge in [0.1, 0.15) is 5.65 Å². The molecule has 5 aromatic rings. The van der Waals surface area contributed by atoms with Gasteiger partial charge in [0.05, 0.1) is 36.0 Å². The summed E-state index contributed by atoms with van der Waals surface area (Å²) in [5, 5.41) is 13.0. The minimum atomic E-state index is -0.625. The van der Waals surface area contributed by atoms with Crippen molar-refractivity contribution in [3.63, 3.8) is 0 Å². The zero-order valence-electron chi connectivity index (χ0n) is 17.4. The number of pyridine rings is 1. The molecule has 1 N–H and O–H groups in total. The summed E-state index contributed by atoms with van der Waals surface area (Å²) in [6.07, 6.45) is 5.82. The maximum absolute atomic E-state index is 13.5. The molecule has 0 unspecified atom stereocenters. The zero-order chi connectivity index (χ0) is 21.7. The van der Waals surface area contributed by atoms with Gasteiger partial charge in [-0.3, -0.25) is 9.36 Å². The highest BCUT2D eigenvalue weighted by Crippen LogP contribution is 2.28. The van der Waals surface area contributed by atoms with Gasteiger partial charge in [-0.05, 0) is 35.6 Å². The Morgan fingerprint density at radius 3 is 2.81 bits per heavy atom. The molecule has 0 amide bonds. The van der Waals surface area contributed by atoms with Gasteiger partial charge in [-0.15, -0.1) is 0 Å². The Morgan fingerprint density at radius 2 is 1.94 bits per heavy atom. The number of rotatable bonds is 3. The lowest BCUT2D eigenvalue weighted by molar-refractivity contribution is -0.0303. The average Bonchev–Trinajstić information content (AvgIpc) is 3.31. The van der Waals surface area contributed by atoms with Crippen molar-refractivity contribution >= 4 is 27.3 Å². The van der Waals surface area contributed by atoms with Gasteiger partial charge in [-0.25, -0.2) is 9.97 Å². The Labute approximate surface area is 183 Å². The molecule has 1 fully saturated rings. The molecule has 7 heteroatoms. The third-order valence-corrected chi connectivity index (χ3v) is 6.41. The number of fused-ring (bicyclic) bond motifs is 4. The van der Waals surface area contributed by atoms with Crippen LogP contribution in [0.25, 0.3) is 27.3 Å². The lowest BCUT2D eigenvalue weighted by Gasteiger charge is -2.29. The Bertz CT molecular complexity index is 1520. The van der Waals surface area contributed by atoms with Gasteiger partial charge >= 0.3 is 0 Å². The van der Waals surface area contributed by atoms with Gasteiger partial charge in [0, 0.05) is 36.5 Å². The third kappa shape index (κ3) is 3.01. The second-order valence-electron chi connectivity index (χ2n) is 8.28. The molecule has 0 radical (unpaired) electrons. The summed E-state index contributed by atoms with van der Waals surface area (Å²) < 4.78 is 9.12. The molecule has 4 heterocycles. The summed E-state index contributed by atoms with van der Waals surface area (Å²) in [7, 11) is 0. The lowest BCUT2D eigenvalue weighted by Crippen LogP contribution is -2.39. The second kappa shape index (κ2) is 7.55. The minimum Gasteiger partial charge on any atom is -0.391 e. The molecule has 0 saturated carbocycles. The monoisotopic (exact) mass is 426 g/mol. The summed E-state index contributed by atoms with van der Waals surface area (Å²) in [5.74, 6) is 0. The van der Waals surface area contributed by atoms with Gasteiger partial charge in [-0.1, -0.05) is 30.3 Å². The van der Waals surface area contributed by atoms with E-state index in [-0.39, 0.29) is 5.56 Å². The molecule has 160 valence electrons. The van der Waals surface area contributed by atoms with Crippen LogP contribution in [0.15, 0.2) is 72.0 Å². The van der Waals surface area contributed by atoms with Crippen LogP contribution >= 0.6 is 0 Å². The van der Waals surface area contributed by atoms with E-state index in [9.17, 15) is 9.90 Å².